The van der Waals surface area contributed by atoms with E-state index in [0.29, 0.717) is 16.0 Å². The number of nitrogens with zero attached hydrogens (tertiary/aromatic N) is 4. The van der Waals surface area contributed by atoms with Gasteiger partial charge in [-0.1, -0.05) is 46.8 Å². The Hall–Kier alpha value is -2.82. The lowest BCUT2D eigenvalue weighted by Gasteiger charge is -2.15. The van der Waals surface area contributed by atoms with Crippen LogP contribution in [0.1, 0.15) is 5.89 Å². The van der Waals surface area contributed by atoms with Gasteiger partial charge in [0.25, 0.3) is 0 Å². The van der Waals surface area contributed by atoms with Gasteiger partial charge in [-0.15, -0.1) is 0 Å². The van der Waals surface area contributed by atoms with Crippen LogP contribution in [0.25, 0.3) is 21.6 Å². The van der Waals surface area contributed by atoms with Crippen LogP contribution >= 0.6 is 11.3 Å². The molecule has 144 valence electrons. The highest BCUT2D eigenvalue weighted by Crippen LogP contribution is 2.24. The van der Waals surface area contributed by atoms with Gasteiger partial charge in [0.2, 0.25) is 21.7 Å². The molecule has 0 saturated heterocycles. The fourth-order valence-electron chi connectivity index (χ4n) is 2.75. The molecular weight excluding hydrogens is 400 g/mol. The van der Waals surface area contributed by atoms with Gasteiger partial charge in [0, 0.05) is 19.7 Å². The highest BCUT2D eigenvalue weighted by Gasteiger charge is 2.24. The zero-order valence-electron chi connectivity index (χ0n) is 15.1. The Morgan fingerprint density at radius 3 is 2.68 bits per heavy atom. The maximum Gasteiger partial charge on any atom is 0.307 e. The molecule has 4 rings (SSSR count). The molecule has 0 saturated carbocycles. The van der Waals surface area contributed by atoms with Gasteiger partial charge in [-0.25, -0.2) is 8.42 Å². The Morgan fingerprint density at radius 1 is 1.18 bits per heavy atom. The number of aryl methyl sites for hydroxylation is 1. The largest absolute Gasteiger partial charge is 0.338 e. The van der Waals surface area contributed by atoms with E-state index in [1.165, 1.54) is 23.7 Å². The quantitative estimate of drug-likeness (QED) is 0.496. The molecule has 2 aromatic heterocycles. The summed E-state index contributed by atoms with van der Waals surface area (Å²) in [6.45, 7) is -0.0643. The van der Waals surface area contributed by atoms with E-state index in [1.807, 2.05) is 30.3 Å². The molecule has 4 aromatic rings. The van der Waals surface area contributed by atoms with Crippen LogP contribution in [0.4, 0.5) is 0 Å². The third kappa shape index (κ3) is 3.26. The van der Waals surface area contributed by atoms with Crippen molar-refractivity contribution in [1.82, 2.24) is 19.0 Å². The zero-order chi connectivity index (χ0) is 19.9. The Morgan fingerprint density at radius 2 is 1.93 bits per heavy atom. The summed E-state index contributed by atoms with van der Waals surface area (Å²) in [4.78, 5) is 16.0. The minimum Gasteiger partial charge on any atom is -0.338 e. The van der Waals surface area contributed by atoms with Gasteiger partial charge >= 0.3 is 4.87 Å². The van der Waals surface area contributed by atoms with E-state index in [0.717, 1.165) is 21.2 Å². The van der Waals surface area contributed by atoms with E-state index in [4.69, 9.17) is 4.52 Å². The number of thiazole rings is 1. The van der Waals surface area contributed by atoms with Gasteiger partial charge in [0.15, 0.2) is 0 Å². The first kappa shape index (κ1) is 18.5. The molecule has 0 aliphatic carbocycles. The molecule has 0 spiro atoms. The van der Waals surface area contributed by atoms with Crippen LogP contribution in [0.3, 0.4) is 0 Å². The number of hydrogen-bond acceptors (Lipinski definition) is 7. The van der Waals surface area contributed by atoms with Crippen molar-refractivity contribution in [3.05, 3.63) is 64.1 Å². The fraction of sp³-hybridized carbons (Fsp3) is 0.167. The summed E-state index contributed by atoms with van der Waals surface area (Å²) < 4.78 is 34.3. The van der Waals surface area contributed by atoms with Crippen LogP contribution in [0, 0.1) is 0 Å². The number of aromatic nitrogens is 3. The first-order valence-corrected chi connectivity index (χ1v) is 10.6. The third-order valence-corrected chi connectivity index (χ3v) is 7.12. The molecule has 10 heteroatoms. The van der Waals surface area contributed by atoms with E-state index in [1.54, 1.807) is 13.1 Å². The second-order valence-electron chi connectivity index (χ2n) is 6.20. The second kappa shape index (κ2) is 6.97. The molecule has 2 aromatic carbocycles. The minimum absolute atomic E-state index is 0.0643. The monoisotopic (exact) mass is 416 g/mol. The summed E-state index contributed by atoms with van der Waals surface area (Å²) in [6.07, 6.45) is 0. The van der Waals surface area contributed by atoms with E-state index < -0.39 is 10.0 Å². The topological polar surface area (TPSA) is 98.3 Å². The Bertz CT molecular complexity index is 1310. The molecule has 0 unspecified atom stereocenters. The van der Waals surface area contributed by atoms with Crippen molar-refractivity contribution in [3.63, 3.8) is 0 Å². The summed E-state index contributed by atoms with van der Waals surface area (Å²) in [5.74, 6) is 0.590. The van der Waals surface area contributed by atoms with Crippen molar-refractivity contribution in [1.29, 1.82) is 0 Å². The van der Waals surface area contributed by atoms with Gasteiger partial charge in [-0.2, -0.15) is 9.29 Å². The molecule has 0 aliphatic rings. The first-order chi connectivity index (χ1) is 13.4. The predicted octanol–water partition coefficient (Wildman–Crippen LogP) is 2.47. The van der Waals surface area contributed by atoms with E-state index in [9.17, 15) is 13.2 Å². The van der Waals surface area contributed by atoms with Gasteiger partial charge in [-0.05, 0) is 18.2 Å². The molecule has 0 N–H and O–H groups in total. The highest BCUT2D eigenvalue weighted by molar-refractivity contribution is 7.89. The van der Waals surface area contributed by atoms with Gasteiger partial charge in [0.1, 0.15) is 0 Å². The van der Waals surface area contributed by atoms with Crippen LogP contribution in [0.2, 0.25) is 0 Å². The fourth-order valence-corrected chi connectivity index (χ4v) is 4.89. The van der Waals surface area contributed by atoms with Crippen LogP contribution < -0.4 is 4.87 Å². The SMILES string of the molecule is CN(Cc1nc(-c2ccccc2)no1)S(=O)(=O)c1ccc2c(c1)sc(=O)n2C. The van der Waals surface area contributed by atoms with Gasteiger partial charge in [-0.3, -0.25) is 4.79 Å². The Labute approximate surface area is 164 Å². The lowest BCUT2D eigenvalue weighted by molar-refractivity contribution is 0.337. The van der Waals surface area contributed by atoms with Crippen molar-refractivity contribution in [2.24, 2.45) is 7.05 Å². The maximum absolute atomic E-state index is 12.9. The molecule has 8 nitrogen and oxygen atoms in total. The maximum atomic E-state index is 12.9. The zero-order valence-corrected chi connectivity index (χ0v) is 16.7. The first-order valence-electron chi connectivity index (χ1n) is 8.30. The van der Waals surface area contributed by atoms with Gasteiger partial charge < -0.3 is 9.09 Å². The van der Waals surface area contributed by atoms with E-state index in [2.05, 4.69) is 10.1 Å². The van der Waals surface area contributed by atoms with Crippen molar-refractivity contribution in [2.75, 3.05) is 7.05 Å². The molecule has 28 heavy (non-hydrogen) atoms. The predicted molar refractivity (Wildman–Crippen MR) is 105 cm³/mol. The van der Waals surface area contributed by atoms with Crippen LogP contribution in [-0.4, -0.2) is 34.5 Å². The average molecular weight is 416 g/mol. The lowest BCUT2D eigenvalue weighted by atomic mass is 10.2. The van der Waals surface area contributed by atoms with Gasteiger partial charge in [0.05, 0.1) is 21.7 Å². The van der Waals surface area contributed by atoms with Crippen molar-refractivity contribution >= 4 is 31.6 Å². The summed E-state index contributed by atoms with van der Waals surface area (Å²) in [5, 5.41) is 3.90. The van der Waals surface area contributed by atoms with E-state index >= 15 is 0 Å². The van der Waals surface area contributed by atoms with Crippen LogP contribution in [-0.2, 0) is 23.6 Å². The number of sulfonamides is 1. The standard InChI is InChI=1S/C18H16N4O4S2/c1-21(11-16-19-17(20-26-16)12-6-4-3-5-7-12)28(24,25)13-8-9-14-15(10-13)27-18(23)22(14)2/h3-10H,11H2,1-2H3. The molecule has 0 bridgehead atoms. The van der Waals surface area contributed by atoms with Crippen molar-refractivity contribution < 1.29 is 12.9 Å². The summed E-state index contributed by atoms with van der Waals surface area (Å²) in [5.41, 5.74) is 1.48. The number of fused-ring (bicyclic) bond motifs is 1. The smallest absolute Gasteiger partial charge is 0.307 e. The van der Waals surface area contributed by atoms with E-state index in [-0.39, 0.29) is 22.2 Å². The average Bonchev–Trinajstić information content (AvgIpc) is 3.27. The molecule has 2 heterocycles. The van der Waals surface area contributed by atoms with Crippen molar-refractivity contribution in [2.45, 2.75) is 11.4 Å². The Kier molecular flexibility index (Phi) is 4.61. The number of rotatable bonds is 5. The number of hydrogen-bond donors (Lipinski definition) is 0. The third-order valence-electron chi connectivity index (χ3n) is 4.33. The van der Waals surface area contributed by atoms with Crippen molar-refractivity contribution in [3.8, 4) is 11.4 Å². The Balaban J connectivity index is 1.60. The molecule has 0 aliphatic heterocycles. The second-order valence-corrected chi connectivity index (χ2v) is 9.23. The highest BCUT2D eigenvalue weighted by atomic mass is 32.2. The molecule has 0 radical (unpaired) electrons. The molecule has 0 amide bonds. The minimum atomic E-state index is -3.79. The van der Waals surface area contributed by atoms with Crippen LogP contribution in [0.15, 0.2) is 62.7 Å². The summed E-state index contributed by atoms with van der Waals surface area (Å²) in [6, 6.07) is 13.9. The molecular formula is C18H16N4O4S2. The molecule has 0 fully saturated rings. The molecule has 0 atom stereocenters. The summed E-state index contributed by atoms with van der Waals surface area (Å²) >= 11 is 1.01. The number of benzene rings is 2. The summed E-state index contributed by atoms with van der Waals surface area (Å²) in [7, 11) is -0.689. The normalized spacial score (nSPS) is 12.1. The lowest BCUT2D eigenvalue weighted by Crippen LogP contribution is -2.26. The van der Waals surface area contributed by atoms with Crippen LogP contribution in [0.5, 0.6) is 0 Å².